The van der Waals surface area contributed by atoms with E-state index in [1.54, 1.807) is 12.1 Å². The van der Waals surface area contributed by atoms with Crippen molar-refractivity contribution in [3.05, 3.63) is 51.5 Å². The van der Waals surface area contributed by atoms with Gasteiger partial charge in [0.15, 0.2) is 0 Å². The van der Waals surface area contributed by atoms with Gasteiger partial charge in [-0.2, -0.15) is 0 Å². The Morgan fingerprint density at radius 1 is 1.10 bits per heavy atom. The lowest BCUT2D eigenvalue weighted by Crippen LogP contribution is -2.13. The molecule has 0 spiro atoms. The number of nitrogens with one attached hydrogen (secondary N) is 1. The van der Waals surface area contributed by atoms with Gasteiger partial charge in [-0.15, -0.1) is 0 Å². The molecule has 1 amide bonds. The number of amides is 1. The number of benzene rings is 2. The van der Waals surface area contributed by atoms with E-state index < -0.39 is 5.91 Å². The van der Waals surface area contributed by atoms with Gasteiger partial charge in [0, 0.05) is 21.5 Å². The molecule has 5 heteroatoms. The van der Waals surface area contributed by atoms with Gasteiger partial charge in [0.05, 0.1) is 5.56 Å². The van der Waals surface area contributed by atoms with Crippen molar-refractivity contribution in [2.75, 3.05) is 11.1 Å². The highest BCUT2D eigenvalue weighted by atomic mass is 79.9. The van der Waals surface area contributed by atoms with E-state index in [2.05, 4.69) is 21.2 Å². The summed E-state index contributed by atoms with van der Waals surface area (Å²) in [7, 11) is 0. The zero-order valence-electron chi connectivity index (χ0n) is 11.3. The first kappa shape index (κ1) is 14.4. The van der Waals surface area contributed by atoms with Gasteiger partial charge in [0.1, 0.15) is 0 Å². The van der Waals surface area contributed by atoms with Crippen molar-refractivity contribution >= 4 is 38.9 Å². The summed E-state index contributed by atoms with van der Waals surface area (Å²) in [6, 6.07) is 9.19. The number of aryl methyl sites for hydroxylation is 2. The van der Waals surface area contributed by atoms with E-state index in [9.17, 15) is 4.79 Å². The van der Waals surface area contributed by atoms with Gasteiger partial charge >= 0.3 is 0 Å². The molecule has 2 aromatic carbocycles. The van der Waals surface area contributed by atoms with Crippen LogP contribution in [0.3, 0.4) is 0 Å². The molecule has 0 atom stereocenters. The lowest BCUT2D eigenvalue weighted by molar-refractivity contribution is 0.100. The number of hydrogen-bond acceptors (Lipinski definition) is 3. The molecule has 0 aliphatic heterocycles. The molecule has 0 bridgehead atoms. The second-order valence-corrected chi connectivity index (χ2v) is 5.51. The van der Waals surface area contributed by atoms with E-state index in [0.29, 0.717) is 11.3 Å². The molecular formula is C15H16BrN3O. The highest BCUT2D eigenvalue weighted by molar-refractivity contribution is 9.10. The molecule has 0 unspecified atom stereocenters. The van der Waals surface area contributed by atoms with Crippen molar-refractivity contribution in [3.8, 4) is 0 Å². The van der Waals surface area contributed by atoms with Crippen LogP contribution in [0.25, 0.3) is 0 Å². The van der Waals surface area contributed by atoms with Crippen LogP contribution in [0, 0.1) is 13.8 Å². The summed E-state index contributed by atoms with van der Waals surface area (Å²) in [6.07, 6.45) is 0. The third-order valence-corrected chi connectivity index (χ3v) is 4.29. The van der Waals surface area contributed by atoms with Crippen LogP contribution in [0.1, 0.15) is 21.5 Å². The lowest BCUT2D eigenvalue weighted by Gasteiger charge is -2.12. The largest absolute Gasteiger partial charge is 0.398 e. The number of anilines is 3. The molecule has 0 radical (unpaired) electrons. The van der Waals surface area contributed by atoms with Crippen molar-refractivity contribution in [2.24, 2.45) is 5.73 Å². The first-order valence-corrected chi connectivity index (χ1v) is 6.91. The van der Waals surface area contributed by atoms with E-state index in [0.717, 1.165) is 27.0 Å². The van der Waals surface area contributed by atoms with Crippen LogP contribution in [0.2, 0.25) is 0 Å². The highest BCUT2D eigenvalue weighted by Gasteiger charge is 2.08. The molecule has 0 aliphatic carbocycles. The Morgan fingerprint density at radius 2 is 1.70 bits per heavy atom. The summed E-state index contributed by atoms with van der Waals surface area (Å²) in [5, 5.41) is 3.25. The minimum atomic E-state index is -0.533. The summed E-state index contributed by atoms with van der Waals surface area (Å²) in [4.78, 5) is 11.3. The van der Waals surface area contributed by atoms with Crippen LogP contribution in [0.5, 0.6) is 0 Å². The molecular weight excluding hydrogens is 318 g/mol. The molecule has 4 nitrogen and oxygen atoms in total. The van der Waals surface area contributed by atoms with E-state index in [1.165, 1.54) is 0 Å². The molecule has 0 fully saturated rings. The second kappa shape index (κ2) is 5.54. The molecule has 5 N–H and O–H groups in total. The number of carbonyl (C=O) groups is 1. The number of hydrogen-bond donors (Lipinski definition) is 3. The summed E-state index contributed by atoms with van der Waals surface area (Å²) < 4.78 is 1.10. The molecule has 0 saturated carbocycles. The molecule has 0 aliphatic rings. The number of halogens is 1. The van der Waals surface area contributed by atoms with Crippen LogP contribution in [0.4, 0.5) is 17.1 Å². The van der Waals surface area contributed by atoms with E-state index in [4.69, 9.17) is 11.5 Å². The predicted octanol–water partition coefficient (Wildman–Crippen LogP) is 3.49. The zero-order valence-corrected chi connectivity index (χ0v) is 12.9. The van der Waals surface area contributed by atoms with E-state index in [1.807, 2.05) is 32.0 Å². The van der Waals surface area contributed by atoms with Crippen LogP contribution in [-0.4, -0.2) is 5.91 Å². The topological polar surface area (TPSA) is 81.1 Å². The minimum absolute atomic E-state index is 0.320. The molecule has 2 rings (SSSR count). The van der Waals surface area contributed by atoms with E-state index in [-0.39, 0.29) is 0 Å². The summed E-state index contributed by atoms with van der Waals surface area (Å²) in [6.45, 7) is 4.06. The monoisotopic (exact) mass is 333 g/mol. The smallest absolute Gasteiger partial charge is 0.250 e. The molecule has 0 heterocycles. The van der Waals surface area contributed by atoms with Crippen LogP contribution >= 0.6 is 15.9 Å². The Labute approximate surface area is 126 Å². The molecule has 2 aromatic rings. The second-order valence-electron chi connectivity index (χ2n) is 4.72. The maximum absolute atomic E-state index is 11.3. The quantitative estimate of drug-likeness (QED) is 0.752. The minimum Gasteiger partial charge on any atom is -0.398 e. The first-order chi connectivity index (χ1) is 9.38. The number of primary amides is 1. The number of carbonyl (C=O) groups excluding carboxylic acids is 1. The Kier molecular flexibility index (Phi) is 3.99. The van der Waals surface area contributed by atoms with Gasteiger partial charge < -0.3 is 16.8 Å². The van der Waals surface area contributed by atoms with Crippen molar-refractivity contribution in [2.45, 2.75) is 13.8 Å². The van der Waals surface area contributed by atoms with Gasteiger partial charge in [-0.05, 0) is 55.3 Å². The number of nitrogens with two attached hydrogens (primary N) is 2. The van der Waals surface area contributed by atoms with Crippen molar-refractivity contribution in [1.29, 1.82) is 0 Å². The summed E-state index contributed by atoms with van der Waals surface area (Å²) >= 11 is 3.53. The third-order valence-electron chi connectivity index (χ3n) is 3.04. The maximum Gasteiger partial charge on any atom is 0.250 e. The molecule has 20 heavy (non-hydrogen) atoms. The average molecular weight is 334 g/mol. The average Bonchev–Trinajstić information content (AvgIpc) is 2.38. The summed E-state index contributed by atoms with van der Waals surface area (Å²) in [5.41, 5.74) is 15.7. The van der Waals surface area contributed by atoms with Crippen molar-refractivity contribution in [3.63, 3.8) is 0 Å². The highest BCUT2D eigenvalue weighted by Crippen LogP contribution is 2.28. The third kappa shape index (κ3) is 2.93. The van der Waals surface area contributed by atoms with Gasteiger partial charge in [0.25, 0.3) is 5.91 Å². The predicted molar refractivity (Wildman–Crippen MR) is 86.3 cm³/mol. The Hall–Kier alpha value is -2.01. The van der Waals surface area contributed by atoms with E-state index >= 15 is 0 Å². The Bertz CT molecular complexity index is 660. The SMILES string of the molecule is Cc1cc(Nc2ccc(N)c(C(N)=O)c2)cc(C)c1Br. The Balaban J connectivity index is 2.35. The van der Waals surface area contributed by atoms with Crippen molar-refractivity contribution < 1.29 is 4.79 Å². The molecule has 0 saturated heterocycles. The van der Waals surface area contributed by atoms with Crippen LogP contribution < -0.4 is 16.8 Å². The fourth-order valence-corrected chi connectivity index (χ4v) is 2.26. The fourth-order valence-electron chi connectivity index (χ4n) is 2.03. The summed E-state index contributed by atoms with van der Waals surface area (Å²) in [5.74, 6) is -0.533. The number of nitrogen functional groups attached to an aromatic ring is 1. The number of rotatable bonds is 3. The van der Waals surface area contributed by atoms with Gasteiger partial charge in [-0.3, -0.25) is 4.79 Å². The zero-order chi connectivity index (χ0) is 14.9. The van der Waals surface area contributed by atoms with Gasteiger partial charge in [-0.25, -0.2) is 0 Å². The lowest BCUT2D eigenvalue weighted by atomic mass is 10.1. The van der Waals surface area contributed by atoms with Crippen LogP contribution in [-0.2, 0) is 0 Å². The standard InChI is InChI=1S/C15H16BrN3O/c1-8-5-11(6-9(2)14(8)16)19-10-3-4-13(17)12(7-10)15(18)20/h3-7,19H,17H2,1-2H3,(H2,18,20). The normalized spacial score (nSPS) is 10.3. The first-order valence-electron chi connectivity index (χ1n) is 6.11. The Morgan fingerprint density at radius 3 is 2.25 bits per heavy atom. The van der Waals surface area contributed by atoms with Crippen molar-refractivity contribution in [1.82, 2.24) is 0 Å². The molecule has 104 valence electrons. The van der Waals surface area contributed by atoms with Gasteiger partial charge in [-0.1, -0.05) is 15.9 Å². The molecule has 0 aromatic heterocycles. The maximum atomic E-state index is 11.3. The van der Waals surface area contributed by atoms with Gasteiger partial charge in [0.2, 0.25) is 0 Å². The van der Waals surface area contributed by atoms with Crippen LogP contribution in [0.15, 0.2) is 34.8 Å². The fraction of sp³-hybridized carbons (Fsp3) is 0.133.